The molecule has 2 rings (SSSR count). The maximum absolute atomic E-state index is 12.2. The van der Waals surface area contributed by atoms with Gasteiger partial charge in [-0.1, -0.05) is 13.3 Å². The Hall–Kier alpha value is -2.85. The van der Waals surface area contributed by atoms with Crippen molar-refractivity contribution < 1.29 is 19.2 Å². The third kappa shape index (κ3) is 5.57. The van der Waals surface area contributed by atoms with Crippen molar-refractivity contribution in [1.29, 1.82) is 0 Å². The molecule has 11 heteroatoms. The van der Waals surface area contributed by atoms with Crippen molar-refractivity contribution in [3.8, 4) is 6.01 Å². The number of aromatic nitrogens is 2. The van der Waals surface area contributed by atoms with Crippen LogP contribution in [0.3, 0.4) is 0 Å². The molecule has 1 fully saturated rings. The lowest BCUT2D eigenvalue weighted by Gasteiger charge is -2.35. The van der Waals surface area contributed by atoms with E-state index in [2.05, 4.69) is 9.97 Å². The van der Waals surface area contributed by atoms with Crippen LogP contribution in [0.25, 0.3) is 0 Å². The lowest BCUT2D eigenvalue weighted by Crippen LogP contribution is -2.50. The maximum atomic E-state index is 12.2. The van der Waals surface area contributed by atoms with Crippen LogP contribution < -0.4 is 15.4 Å². The van der Waals surface area contributed by atoms with Crippen LogP contribution >= 0.6 is 0 Å². The summed E-state index contributed by atoms with van der Waals surface area (Å²) in [7, 11) is 0. The number of hydrogen-bond acceptors (Lipinski definition) is 9. The van der Waals surface area contributed by atoms with Crippen molar-refractivity contribution in [3.05, 3.63) is 10.1 Å². The minimum Gasteiger partial charge on any atom is -0.463 e. The third-order valence-electron chi connectivity index (χ3n) is 4.01. The van der Waals surface area contributed by atoms with E-state index in [0.29, 0.717) is 32.8 Å². The number of ether oxygens (including phenoxy) is 2. The maximum Gasteiger partial charge on any atom is 0.410 e. The number of piperazine rings is 1. The third-order valence-corrected chi connectivity index (χ3v) is 4.01. The summed E-state index contributed by atoms with van der Waals surface area (Å²) in [5.74, 6) is -0.135. The molecule has 2 N–H and O–H groups in total. The van der Waals surface area contributed by atoms with Gasteiger partial charge in [0.1, 0.15) is 5.60 Å². The Morgan fingerprint density at radius 2 is 1.89 bits per heavy atom. The van der Waals surface area contributed by atoms with E-state index in [1.807, 2.05) is 6.92 Å². The summed E-state index contributed by atoms with van der Waals surface area (Å²) in [4.78, 5) is 34.5. The molecule has 0 saturated carbocycles. The van der Waals surface area contributed by atoms with Gasteiger partial charge >= 0.3 is 17.8 Å². The highest BCUT2D eigenvalue weighted by molar-refractivity contribution is 5.71. The summed E-state index contributed by atoms with van der Waals surface area (Å²) < 4.78 is 10.8. The van der Waals surface area contributed by atoms with Gasteiger partial charge in [-0.2, -0.15) is 9.97 Å². The molecule has 1 aliphatic heterocycles. The lowest BCUT2D eigenvalue weighted by molar-refractivity contribution is -0.383. The van der Waals surface area contributed by atoms with Crippen LogP contribution in [0.1, 0.15) is 40.5 Å². The first-order valence-corrected chi connectivity index (χ1v) is 9.30. The van der Waals surface area contributed by atoms with Crippen LogP contribution in [0, 0.1) is 10.1 Å². The highest BCUT2D eigenvalue weighted by Crippen LogP contribution is 2.33. The van der Waals surface area contributed by atoms with Gasteiger partial charge < -0.3 is 25.0 Å². The van der Waals surface area contributed by atoms with Crippen molar-refractivity contribution in [2.45, 2.75) is 46.1 Å². The molecule has 0 unspecified atom stereocenters. The van der Waals surface area contributed by atoms with E-state index in [1.165, 1.54) is 0 Å². The van der Waals surface area contributed by atoms with E-state index in [9.17, 15) is 14.9 Å². The second-order valence-electron chi connectivity index (χ2n) is 7.48. The van der Waals surface area contributed by atoms with E-state index < -0.39 is 16.6 Å². The van der Waals surface area contributed by atoms with Crippen molar-refractivity contribution in [2.75, 3.05) is 43.4 Å². The molecule has 1 saturated heterocycles. The second kappa shape index (κ2) is 8.89. The first-order valence-electron chi connectivity index (χ1n) is 9.30. The normalized spacial score (nSPS) is 14.7. The summed E-state index contributed by atoms with van der Waals surface area (Å²) in [6.45, 7) is 9.22. The zero-order valence-electron chi connectivity index (χ0n) is 16.8. The summed E-state index contributed by atoms with van der Waals surface area (Å²) in [6.07, 6.45) is 1.33. The van der Waals surface area contributed by atoms with Crippen LogP contribution in [0.2, 0.25) is 0 Å². The standard InChI is InChI=1S/C17H28N6O5/c1-5-6-11-27-15-19-13(18)12(23(25)26)14(20-15)21-7-9-22(10-8-21)16(24)28-17(2,3)4/h5-11H2,1-4H3,(H2,18,19,20). The molecule has 0 aromatic carbocycles. The second-order valence-corrected chi connectivity index (χ2v) is 7.48. The smallest absolute Gasteiger partial charge is 0.410 e. The molecule has 2 heterocycles. The predicted molar refractivity (Wildman–Crippen MR) is 104 cm³/mol. The van der Waals surface area contributed by atoms with Gasteiger partial charge in [-0.15, -0.1) is 0 Å². The molecule has 1 aromatic heterocycles. The van der Waals surface area contributed by atoms with Gasteiger partial charge in [-0.3, -0.25) is 10.1 Å². The molecule has 156 valence electrons. The molecule has 0 radical (unpaired) electrons. The van der Waals surface area contributed by atoms with Crippen molar-refractivity contribution in [3.63, 3.8) is 0 Å². The average Bonchev–Trinajstić information content (AvgIpc) is 2.59. The summed E-state index contributed by atoms with van der Waals surface area (Å²) in [5.41, 5.74) is 4.86. The first-order chi connectivity index (χ1) is 13.1. The van der Waals surface area contributed by atoms with E-state index in [4.69, 9.17) is 15.2 Å². The Balaban J connectivity index is 2.15. The molecular weight excluding hydrogens is 368 g/mol. The fourth-order valence-corrected chi connectivity index (χ4v) is 2.63. The summed E-state index contributed by atoms with van der Waals surface area (Å²) in [6, 6.07) is 0.0149. The summed E-state index contributed by atoms with van der Waals surface area (Å²) >= 11 is 0. The molecule has 1 aromatic rings. The van der Waals surface area contributed by atoms with Gasteiger partial charge in [-0.25, -0.2) is 4.79 Å². The van der Waals surface area contributed by atoms with Crippen LogP contribution in [-0.2, 0) is 4.74 Å². The van der Waals surface area contributed by atoms with Gasteiger partial charge in [0.2, 0.25) is 11.6 Å². The predicted octanol–water partition coefficient (Wildman–Crippen LogP) is 2.20. The molecule has 28 heavy (non-hydrogen) atoms. The highest BCUT2D eigenvalue weighted by atomic mass is 16.6. The number of unbranched alkanes of at least 4 members (excludes halogenated alkanes) is 1. The number of nitro groups is 1. The van der Waals surface area contributed by atoms with E-state index in [0.717, 1.165) is 12.8 Å². The number of anilines is 2. The minimum atomic E-state index is -0.596. The topological polar surface area (TPSA) is 137 Å². The van der Waals surface area contributed by atoms with Gasteiger partial charge in [0.05, 0.1) is 11.5 Å². The van der Waals surface area contributed by atoms with Gasteiger partial charge in [0.25, 0.3) is 0 Å². The van der Waals surface area contributed by atoms with Gasteiger partial charge in [-0.05, 0) is 27.2 Å². The molecule has 11 nitrogen and oxygen atoms in total. The van der Waals surface area contributed by atoms with Crippen LogP contribution in [-0.4, -0.2) is 64.3 Å². The molecule has 1 amide bonds. The number of carbonyl (C=O) groups excluding carboxylic acids is 1. The number of nitrogens with zero attached hydrogens (tertiary/aromatic N) is 5. The number of rotatable bonds is 6. The minimum absolute atomic E-state index is 0.0149. The SMILES string of the molecule is CCCCOc1nc(N)c([N+](=O)[O-])c(N2CCN(C(=O)OC(C)(C)C)CC2)n1. The van der Waals surface area contributed by atoms with Crippen LogP contribution in [0.5, 0.6) is 6.01 Å². The van der Waals surface area contributed by atoms with Crippen molar-refractivity contribution in [2.24, 2.45) is 0 Å². The first kappa shape index (κ1) is 21.5. The van der Waals surface area contributed by atoms with Crippen LogP contribution in [0.15, 0.2) is 0 Å². The fourth-order valence-electron chi connectivity index (χ4n) is 2.63. The zero-order valence-corrected chi connectivity index (χ0v) is 16.8. The number of nitrogen functional groups attached to an aromatic ring is 1. The molecule has 0 spiro atoms. The Bertz CT molecular complexity index is 713. The molecule has 0 atom stereocenters. The zero-order chi connectivity index (χ0) is 20.9. The molecular formula is C17H28N6O5. The number of amides is 1. The average molecular weight is 396 g/mol. The van der Waals surface area contributed by atoms with Crippen LogP contribution in [0.4, 0.5) is 22.1 Å². The van der Waals surface area contributed by atoms with Crippen molar-refractivity contribution >= 4 is 23.4 Å². The Morgan fingerprint density at radius 3 is 2.43 bits per heavy atom. The Morgan fingerprint density at radius 1 is 1.25 bits per heavy atom. The quantitative estimate of drug-likeness (QED) is 0.436. The van der Waals surface area contributed by atoms with E-state index in [1.54, 1.807) is 30.6 Å². The number of carbonyl (C=O) groups is 1. The van der Waals surface area contributed by atoms with E-state index >= 15 is 0 Å². The monoisotopic (exact) mass is 396 g/mol. The largest absolute Gasteiger partial charge is 0.463 e. The lowest BCUT2D eigenvalue weighted by atomic mass is 10.2. The Labute approximate surface area is 164 Å². The summed E-state index contributed by atoms with van der Waals surface area (Å²) in [5, 5.41) is 11.5. The number of hydrogen-bond donors (Lipinski definition) is 1. The van der Waals surface area contributed by atoms with Gasteiger partial charge in [0, 0.05) is 26.2 Å². The molecule has 0 bridgehead atoms. The number of nitrogens with two attached hydrogens (primary N) is 1. The molecule has 0 aliphatic carbocycles. The van der Waals surface area contributed by atoms with Gasteiger partial charge in [0.15, 0.2) is 0 Å². The highest BCUT2D eigenvalue weighted by Gasteiger charge is 2.32. The Kier molecular flexibility index (Phi) is 6.81. The fraction of sp³-hybridized carbons (Fsp3) is 0.706. The van der Waals surface area contributed by atoms with Crippen molar-refractivity contribution in [1.82, 2.24) is 14.9 Å². The van der Waals surface area contributed by atoms with E-state index in [-0.39, 0.29) is 23.3 Å². The molecule has 1 aliphatic rings.